The number of methoxy groups -OCH3 is 1. The number of benzene rings is 2. The van der Waals surface area contributed by atoms with Gasteiger partial charge in [0.25, 0.3) is 0 Å². The van der Waals surface area contributed by atoms with E-state index in [0.717, 1.165) is 0 Å². The predicted molar refractivity (Wildman–Crippen MR) is 93.1 cm³/mol. The maximum absolute atomic E-state index is 5.76. The third kappa shape index (κ3) is 5.29. The third-order valence-corrected chi connectivity index (χ3v) is 8.92. The first kappa shape index (κ1) is 16.8. The average molecular weight is 412 g/mol. The van der Waals surface area contributed by atoms with Crippen LogP contribution in [-0.2, 0) is 4.74 Å². The summed E-state index contributed by atoms with van der Waals surface area (Å²) in [6, 6.07) is 19.5. The number of unbranched alkanes of at least 4 members (excludes halogenated alkanes) is 1. The van der Waals surface area contributed by atoms with Crippen LogP contribution in [0.3, 0.4) is 0 Å². The zero-order valence-electron chi connectivity index (χ0n) is 12.6. The van der Waals surface area contributed by atoms with Crippen molar-refractivity contribution in [2.75, 3.05) is 7.11 Å². The van der Waals surface area contributed by atoms with Gasteiger partial charge in [0.05, 0.1) is 0 Å². The Morgan fingerprint density at radius 3 is 2.29 bits per heavy atom. The monoisotopic (exact) mass is 414 g/mol. The molecule has 0 heterocycles. The summed E-state index contributed by atoms with van der Waals surface area (Å²) in [7, 11) is 1.82. The molecule has 1 unspecified atom stereocenters. The van der Waals surface area contributed by atoms with Gasteiger partial charge in [-0.25, -0.2) is 0 Å². The Morgan fingerprint density at radius 2 is 1.62 bits per heavy atom. The van der Waals surface area contributed by atoms with Gasteiger partial charge in [0.15, 0.2) is 0 Å². The Kier molecular flexibility index (Phi) is 7.57. The Morgan fingerprint density at radius 1 is 0.952 bits per heavy atom. The minimum atomic E-state index is 0.210. The van der Waals surface area contributed by atoms with Gasteiger partial charge in [-0.15, -0.1) is 0 Å². The first-order chi connectivity index (χ1) is 10.3. The Hall–Kier alpha value is -0.561. The molecule has 1 nitrogen and oxygen atoms in total. The van der Waals surface area contributed by atoms with Gasteiger partial charge in [0, 0.05) is 0 Å². The molecule has 0 saturated heterocycles. The summed E-state index contributed by atoms with van der Waals surface area (Å²) in [5, 5.41) is 1.56. The van der Waals surface area contributed by atoms with Crippen LogP contribution < -0.4 is 8.92 Å². The van der Waals surface area contributed by atoms with Crippen molar-refractivity contribution in [1.82, 2.24) is 0 Å². The van der Waals surface area contributed by atoms with E-state index in [-0.39, 0.29) is 5.00 Å². The Bertz CT molecular complexity index is 528. The second kappa shape index (κ2) is 9.45. The van der Waals surface area contributed by atoms with Gasteiger partial charge < -0.3 is 0 Å². The van der Waals surface area contributed by atoms with Crippen molar-refractivity contribution in [3.05, 3.63) is 60.2 Å². The van der Waals surface area contributed by atoms with Gasteiger partial charge in [-0.3, -0.25) is 0 Å². The van der Waals surface area contributed by atoms with Crippen molar-refractivity contribution in [3.63, 3.8) is 0 Å². The summed E-state index contributed by atoms with van der Waals surface area (Å²) in [5.74, 6) is 0. The van der Waals surface area contributed by atoms with Crippen LogP contribution >= 0.6 is 0 Å². The molecule has 0 amide bonds. The van der Waals surface area contributed by atoms with Crippen LogP contribution in [0, 0.1) is 0 Å². The number of hydrogen-bond donors (Lipinski definition) is 0. The van der Waals surface area contributed by atoms with Crippen LogP contribution in [0.25, 0.3) is 0 Å². The Balaban J connectivity index is 2.10. The molecule has 0 radical (unpaired) electrons. The van der Waals surface area contributed by atoms with E-state index in [1.807, 2.05) is 7.11 Å². The second-order valence-electron chi connectivity index (χ2n) is 4.74. The van der Waals surface area contributed by atoms with Crippen molar-refractivity contribution in [1.29, 1.82) is 0 Å². The molecule has 2 rings (SSSR count). The van der Waals surface area contributed by atoms with E-state index >= 15 is 0 Å². The normalized spacial score (nSPS) is 12.3. The van der Waals surface area contributed by atoms with E-state index < -0.39 is 0 Å². The molecule has 0 N–H and O–H groups in total. The van der Waals surface area contributed by atoms with Gasteiger partial charge in [0.1, 0.15) is 0 Å². The molecule has 0 fully saturated rings. The fourth-order valence-corrected chi connectivity index (χ4v) is 7.33. The third-order valence-electron chi connectivity index (χ3n) is 3.12. The molecule has 0 aliphatic carbocycles. The zero-order chi connectivity index (χ0) is 14.9. The SMILES string of the molecule is CCCC[Se]c1ccccc1[Se]C(OC)c1ccccc1. The number of rotatable bonds is 8. The molecular formula is C18H22OSe2. The quantitative estimate of drug-likeness (QED) is 0.479. The maximum atomic E-state index is 5.76. The predicted octanol–water partition coefficient (Wildman–Crippen LogP) is 2.91. The van der Waals surface area contributed by atoms with E-state index in [4.69, 9.17) is 4.74 Å². The van der Waals surface area contributed by atoms with Crippen LogP contribution in [0.5, 0.6) is 0 Å². The fraction of sp³-hybridized carbons (Fsp3) is 0.333. The van der Waals surface area contributed by atoms with Crippen molar-refractivity contribution in [2.24, 2.45) is 0 Å². The standard InChI is InChI=1S/C18H22OSe2/c1-3-4-14-20-16-12-8-9-13-17(16)21-18(19-2)15-10-6-5-7-11-15/h5-13,18H,3-4,14H2,1-2H3. The van der Waals surface area contributed by atoms with Crippen LogP contribution in [0.1, 0.15) is 30.3 Å². The van der Waals surface area contributed by atoms with Gasteiger partial charge in [-0.05, 0) is 0 Å². The summed E-state index contributed by atoms with van der Waals surface area (Å²) < 4.78 is 8.83. The summed E-state index contributed by atoms with van der Waals surface area (Å²) in [4.78, 5) is 0. The van der Waals surface area contributed by atoms with Crippen LogP contribution in [0.15, 0.2) is 54.6 Å². The van der Waals surface area contributed by atoms with Crippen molar-refractivity contribution in [2.45, 2.75) is 30.1 Å². The molecule has 0 spiro atoms. The summed E-state index contributed by atoms with van der Waals surface area (Å²) >= 11 is 0.921. The van der Waals surface area contributed by atoms with Crippen molar-refractivity contribution >= 4 is 38.8 Å². The molecular weight excluding hydrogens is 390 g/mol. The molecule has 0 aliphatic rings. The summed E-state index contributed by atoms with van der Waals surface area (Å²) in [6.45, 7) is 2.27. The summed E-state index contributed by atoms with van der Waals surface area (Å²) in [5.41, 5.74) is 1.29. The molecule has 2 aromatic rings. The molecule has 3 heteroatoms. The van der Waals surface area contributed by atoms with Crippen molar-refractivity contribution in [3.8, 4) is 0 Å². The fourth-order valence-electron chi connectivity index (χ4n) is 1.97. The zero-order valence-corrected chi connectivity index (χ0v) is 16.0. The van der Waals surface area contributed by atoms with Crippen LogP contribution in [-0.4, -0.2) is 37.0 Å². The molecule has 0 bridgehead atoms. The van der Waals surface area contributed by atoms with Gasteiger partial charge in [-0.1, -0.05) is 0 Å². The first-order valence-corrected chi connectivity index (χ1v) is 11.2. The molecule has 21 heavy (non-hydrogen) atoms. The Labute approximate surface area is 140 Å². The molecule has 112 valence electrons. The van der Waals surface area contributed by atoms with Gasteiger partial charge in [-0.2, -0.15) is 0 Å². The van der Waals surface area contributed by atoms with E-state index in [1.54, 1.807) is 4.46 Å². The topological polar surface area (TPSA) is 9.23 Å². The van der Waals surface area contributed by atoms with Crippen LogP contribution in [0.2, 0.25) is 5.32 Å². The first-order valence-electron chi connectivity index (χ1n) is 7.31. The number of ether oxygens (including phenoxy) is 1. The van der Waals surface area contributed by atoms with E-state index in [2.05, 4.69) is 61.5 Å². The van der Waals surface area contributed by atoms with Crippen molar-refractivity contribution < 1.29 is 4.74 Å². The second-order valence-corrected chi connectivity index (χ2v) is 9.45. The summed E-state index contributed by atoms with van der Waals surface area (Å²) in [6.07, 6.45) is 2.63. The molecule has 2 aromatic carbocycles. The van der Waals surface area contributed by atoms with Crippen LogP contribution in [0.4, 0.5) is 0 Å². The van der Waals surface area contributed by atoms with E-state index in [9.17, 15) is 0 Å². The van der Waals surface area contributed by atoms with Gasteiger partial charge >= 0.3 is 141 Å². The molecule has 1 atom stereocenters. The molecule has 0 aromatic heterocycles. The van der Waals surface area contributed by atoms with E-state index in [1.165, 1.54) is 28.2 Å². The number of hydrogen-bond acceptors (Lipinski definition) is 1. The average Bonchev–Trinajstić information content (AvgIpc) is 2.55. The minimum absolute atomic E-state index is 0.210. The molecule has 0 aliphatic heterocycles. The van der Waals surface area contributed by atoms with E-state index in [0.29, 0.717) is 29.9 Å². The van der Waals surface area contributed by atoms with Gasteiger partial charge in [0.2, 0.25) is 0 Å². The molecule has 0 saturated carbocycles.